The largest absolute Gasteiger partial charge is 0.493 e. The molecule has 0 radical (unpaired) electrons. The van der Waals surface area contributed by atoms with Crippen molar-refractivity contribution in [1.82, 2.24) is 9.80 Å². The average molecular weight is 566 g/mol. The smallest absolute Gasteiger partial charge is 0.308 e. The van der Waals surface area contributed by atoms with E-state index in [-0.39, 0.29) is 38.3 Å². The highest BCUT2D eigenvalue weighted by atomic mass is 16.7. The second-order valence-electron chi connectivity index (χ2n) is 11.1. The number of hydrogen-bond acceptors (Lipinski definition) is 11. The topological polar surface area (TPSA) is 123 Å². The molecule has 2 aromatic carbocycles. The highest BCUT2D eigenvalue weighted by Crippen LogP contribution is 2.58. The van der Waals surface area contributed by atoms with Gasteiger partial charge in [0.1, 0.15) is 11.8 Å². The summed E-state index contributed by atoms with van der Waals surface area (Å²) in [5.41, 5.74) is 5.15. The SMILES string of the molecule is COCOc1c(OC)c(C)cc2c1C1[C@@H]3Cc4c(OC(C)=O)c(C)c5c(c4[C@H](CO)N3[C@@H](C#N)[C@H](C2)N1C)OCO5. The van der Waals surface area contributed by atoms with E-state index in [1.54, 1.807) is 14.2 Å². The molecular formula is C30H35N3O8. The first-order valence-corrected chi connectivity index (χ1v) is 13.7. The molecule has 1 N–H and O–H groups in total. The van der Waals surface area contributed by atoms with Crippen LogP contribution >= 0.6 is 0 Å². The van der Waals surface area contributed by atoms with Crippen molar-refractivity contribution in [2.24, 2.45) is 0 Å². The van der Waals surface area contributed by atoms with Gasteiger partial charge in [-0.1, -0.05) is 6.07 Å². The fourth-order valence-electron chi connectivity index (χ4n) is 7.53. The summed E-state index contributed by atoms with van der Waals surface area (Å²) in [5.74, 6) is 2.25. The van der Waals surface area contributed by atoms with Gasteiger partial charge in [0.25, 0.3) is 0 Å². The van der Waals surface area contributed by atoms with Gasteiger partial charge in [0.05, 0.1) is 31.9 Å². The van der Waals surface area contributed by atoms with Gasteiger partial charge < -0.3 is 33.5 Å². The van der Waals surface area contributed by atoms with Crippen molar-refractivity contribution >= 4 is 5.97 Å². The van der Waals surface area contributed by atoms with Crippen LogP contribution in [0.5, 0.6) is 28.7 Å². The summed E-state index contributed by atoms with van der Waals surface area (Å²) in [7, 11) is 5.23. The number of fused-ring (bicyclic) bond motifs is 9. The first-order valence-electron chi connectivity index (χ1n) is 13.7. The van der Waals surface area contributed by atoms with Gasteiger partial charge in [-0.2, -0.15) is 5.26 Å². The molecule has 6 rings (SSSR count). The molecule has 0 amide bonds. The lowest BCUT2D eigenvalue weighted by Gasteiger charge is -2.59. The van der Waals surface area contributed by atoms with Gasteiger partial charge in [-0.15, -0.1) is 0 Å². The Labute approximate surface area is 239 Å². The Hall–Kier alpha value is -3.56. The zero-order chi connectivity index (χ0) is 29.2. The van der Waals surface area contributed by atoms with E-state index < -0.39 is 18.1 Å². The molecule has 1 fully saturated rings. The number of likely N-dealkylation sites (N-methyl/N-ethyl adjacent to an activating group) is 1. The number of carbonyl (C=O) groups excluding carboxylic acids is 1. The Balaban J connectivity index is 1.61. The van der Waals surface area contributed by atoms with Crippen molar-refractivity contribution in [2.75, 3.05) is 41.5 Å². The minimum Gasteiger partial charge on any atom is -0.493 e. The lowest BCUT2D eigenvalue weighted by atomic mass is 9.71. The highest BCUT2D eigenvalue weighted by Gasteiger charge is 2.56. The summed E-state index contributed by atoms with van der Waals surface area (Å²) in [5, 5.41) is 21.5. The van der Waals surface area contributed by atoms with Gasteiger partial charge in [-0.3, -0.25) is 14.6 Å². The van der Waals surface area contributed by atoms with Gasteiger partial charge in [-0.05, 0) is 44.9 Å². The maximum atomic E-state index is 12.3. The number of piperazine rings is 1. The molecule has 11 heteroatoms. The molecule has 1 unspecified atom stereocenters. The van der Waals surface area contributed by atoms with Crippen LogP contribution in [-0.4, -0.2) is 80.5 Å². The fraction of sp³-hybridized carbons (Fsp3) is 0.533. The second kappa shape index (κ2) is 10.4. The van der Waals surface area contributed by atoms with Crippen molar-refractivity contribution in [3.8, 4) is 34.8 Å². The first kappa shape index (κ1) is 27.6. The van der Waals surface area contributed by atoms with Crippen LogP contribution < -0.4 is 23.7 Å². The monoisotopic (exact) mass is 565 g/mol. The fourth-order valence-corrected chi connectivity index (χ4v) is 7.53. The number of aliphatic hydroxyl groups excluding tert-OH is 1. The van der Waals surface area contributed by atoms with Crippen molar-refractivity contribution in [3.63, 3.8) is 0 Å². The van der Waals surface area contributed by atoms with Gasteiger partial charge in [0.15, 0.2) is 29.8 Å². The number of hydrogen-bond donors (Lipinski definition) is 1. The quantitative estimate of drug-likeness (QED) is 0.316. The average Bonchev–Trinajstić information content (AvgIpc) is 3.43. The minimum atomic E-state index is -0.588. The normalized spacial score (nSPS) is 26.0. The van der Waals surface area contributed by atoms with Crippen molar-refractivity contribution in [2.45, 2.75) is 63.8 Å². The van der Waals surface area contributed by atoms with E-state index >= 15 is 0 Å². The summed E-state index contributed by atoms with van der Waals surface area (Å²) < 4.78 is 34.9. The van der Waals surface area contributed by atoms with E-state index in [2.05, 4.69) is 21.9 Å². The maximum Gasteiger partial charge on any atom is 0.308 e. The van der Waals surface area contributed by atoms with Crippen molar-refractivity contribution in [3.05, 3.63) is 39.4 Å². The van der Waals surface area contributed by atoms with Gasteiger partial charge in [0, 0.05) is 48.4 Å². The Morgan fingerprint density at radius 2 is 1.88 bits per heavy atom. The third-order valence-electron chi connectivity index (χ3n) is 8.99. The van der Waals surface area contributed by atoms with E-state index in [0.29, 0.717) is 52.7 Å². The van der Waals surface area contributed by atoms with Crippen LogP contribution in [0.2, 0.25) is 0 Å². The Morgan fingerprint density at radius 1 is 1.12 bits per heavy atom. The standard InChI is InChI=1S/C30H35N3O8/c1-14-7-17-8-19-21(10-31)33-20(25(32(19)4)23(17)29(26(14)37-6)38-12-36-5)9-18-24(22(33)11-34)30-28(39-13-40-30)15(2)27(18)41-16(3)35/h7,19-22,25,34H,8-9,11-13H2,1-6H3/t19-,20-,21-,22-,25?/m0/s1. The highest BCUT2D eigenvalue weighted by molar-refractivity contribution is 5.74. The predicted molar refractivity (Wildman–Crippen MR) is 145 cm³/mol. The van der Waals surface area contributed by atoms with E-state index in [9.17, 15) is 15.2 Å². The molecule has 1 saturated heterocycles. The zero-order valence-corrected chi connectivity index (χ0v) is 24.1. The molecule has 4 aliphatic heterocycles. The van der Waals surface area contributed by atoms with Gasteiger partial charge in [0.2, 0.25) is 6.79 Å². The van der Waals surface area contributed by atoms with Gasteiger partial charge in [-0.25, -0.2) is 0 Å². The number of aryl methyl sites for hydroxylation is 1. The number of ether oxygens (including phenoxy) is 6. The molecule has 0 aliphatic carbocycles. The number of nitrogens with zero attached hydrogens (tertiary/aromatic N) is 3. The number of benzene rings is 2. The summed E-state index contributed by atoms with van der Waals surface area (Å²) in [6.45, 7) is 4.99. The maximum absolute atomic E-state index is 12.3. The summed E-state index contributed by atoms with van der Waals surface area (Å²) >= 11 is 0. The van der Waals surface area contributed by atoms with E-state index in [1.807, 2.05) is 20.9 Å². The lowest BCUT2D eigenvalue weighted by molar-refractivity contribution is -0.132. The number of methoxy groups -OCH3 is 2. The number of nitriles is 1. The van der Waals surface area contributed by atoms with Crippen LogP contribution in [0.1, 0.15) is 52.4 Å². The zero-order valence-electron chi connectivity index (χ0n) is 24.1. The molecule has 5 atom stereocenters. The third kappa shape index (κ3) is 3.96. The Morgan fingerprint density at radius 3 is 2.54 bits per heavy atom. The van der Waals surface area contributed by atoms with Crippen molar-refractivity contribution < 1.29 is 38.3 Å². The van der Waals surface area contributed by atoms with Crippen LogP contribution in [0.3, 0.4) is 0 Å². The van der Waals surface area contributed by atoms with Crippen LogP contribution in [0.15, 0.2) is 6.07 Å². The minimum absolute atomic E-state index is 0.0239. The molecule has 11 nitrogen and oxygen atoms in total. The van der Waals surface area contributed by atoms with Crippen LogP contribution in [0.4, 0.5) is 0 Å². The van der Waals surface area contributed by atoms with Gasteiger partial charge >= 0.3 is 5.97 Å². The molecule has 2 bridgehead atoms. The molecule has 4 aliphatic rings. The third-order valence-corrected chi connectivity index (χ3v) is 8.99. The molecule has 0 spiro atoms. The number of esters is 1. The Bertz CT molecular complexity index is 1450. The molecule has 4 heterocycles. The van der Waals surface area contributed by atoms with E-state index in [1.165, 1.54) is 6.92 Å². The Kier molecular flexibility index (Phi) is 6.98. The summed E-state index contributed by atoms with van der Waals surface area (Å²) in [6, 6.07) is 2.92. The molecule has 0 aromatic heterocycles. The van der Waals surface area contributed by atoms with Crippen LogP contribution in [0, 0.1) is 25.2 Å². The van der Waals surface area contributed by atoms with E-state index in [0.717, 1.165) is 22.3 Å². The number of aliphatic hydroxyl groups is 1. The van der Waals surface area contributed by atoms with E-state index in [4.69, 9.17) is 28.4 Å². The molecule has 218 valence electrons. The molecular weight excluding hydrogens is 530 g/mol. The first-order chi connectivity index (χ1) is 19.8. The number of carbonyl (C=O) groups is 1. The number of rotatable bonds is 6. The van der Waals surface area contributed by atoms with Crippen LogP contribution in [-0.2, 0) is 22.4 Å². The predicted octanol–water partition coefficient (Wildman–Crippen LogP) is 2.71. The van der Waals surface area contributed by atoms with Crippen molar-refractivity contribution in [1.29, 1.82) is 5.26 Å². The summed E-state index contributed by atoms with van der Waals surface area (Å²) in [4.78, 5) is 16.6. The second-order valence-corrected chi connectivity index (χ2v) is 11.1. The molecule has 2 aromatic rings. The molecule has 41 heavy (non-hydrogen) atoms. The van der Waals surface area contributed by atoms with Crippen LogP contribution in [0.25, 0.3) is 0 Å². The summed E-state index contributed by atoms with van der Waals surface area (Å²) in [6.07, 6.45) is 1.05. The molecule has 0 saturated carbocycles. The lowest BCUT2D eigenvalue weighted by Crippen LogP contribution is -2.68.